The fourth-order valence-corrected chi connectivity index (χ4v) is 2.74. The SMILES string of the molecule is CCC(CC(=O)O)N(C)CC1(N(C)C)CCC1. The van der Waals surface area contributed by atoms with Gasteiger partial charge in [-0.2, -0.15) is 0 Å². The van der Waals surface area contributed by atoms with Gasteiger partial charge in [-0.3, -0.25) is 4.79 Å². The van der Waals surface area contributed by atoms with Crippen LogP contribution in [-0.4, -0.2) is 60.1 Å². The first-order valence-corrected chi connectivity index (χ1v) is 6.51. The number of nitrogens with zero attached hydrogens (tertiary/aromatic N) is 2. The second kappa shape index (κ2) is 5.83. The van der Waals surface area contributed by atoms with Gasteiger partial charge < -0.3 is 14.9 Å². The second-order valence-corrected chi connectivity index (χ2v) is 5.55. The highest BCUT2D eigenvalue weighted by molar-refractivity contribution is 5.67. The van der Waals surface area contributed by atoms with Crippen LogP contribution in [0.4, 0.5) is 0 Å². The Morgan fingerprint density at radius 3 is 2.24 bits per heavy atom. The Morgan fingerprint density at radius 1 is 1.35 bits per heavy atom. The maximum atomic E-state index is 10.8. The zero-order valence-corrected chi connectivity index (χ0v) is 11.6. The summed E-state index contributed by atoms with van der Waals surface area (Å²) in [5.41, 5.74) is 0.278. The summed E-state index contributed by atoms with van der Waals surface area (Å²) in [5, 5.41) is 8.91. The van der Waals surface area contributed by atoms with E-state index in [-0.39, 0.29) is 18.0 Å². The molecule has 0 saturated heterocycles. The number of carbonyl (C=O) groups is 1. The molecule has 1 atom stereocenters. The Labute approximate surface area is 105 Å². The van der Waals surface area contributed by atoms with Crippen LogP contribution in [0, 0.1) is 0 Å². The molecule has 4 heteroatoms. The number of carboxylic acid groups (broad SMARTS) is 1. The third-order valence-electron chi connectivity index (χ3n) is 4.28. The van der Waals surface area contributed by atoms with Crippen molar-refractivity contribution in [1.29, 1.82) is 0 Å². The highest BCUT2D eigenvalue weighted by atomic mass is 16.4. The van der Waals surface area contributed by atoms with Gasteiger partial charge in [-0.25, -0.2) is 0 Å². The maximum Gasteiger partial charge on any atom is 0.304 e. The minimum atomic E-state index is -0.698. The normalized spacial score (nSPS) is 20.4. The van der Waals surface area contributed by atoms with E-state index >= 15 is 0 Å². The van der Waals surface area contributed by atoms with E-state index in [1.807, 2.05) is 0 Å². The first-order valence-electron chi connectivity index (χ1n) is 6.51. The molecule has 0 aromatic rings. The second-order valence-electron chi connectivity index (χ2n) is 5.55. The third-order valence-corrected chi connectivity index (χ3v) is 4.28. The highest BCUT2D eigenvalue weighted by Crippen LogP contribution is 2.37. The molecule has 17 heavy (non-hydrogen) atoms. The van der Waals surface area contributed by atoms with Gasteiger partial charge in [0.15, 0.2) is 0 Å². The molecule has 1 fully saturated rings. The van der Waals surface area contributed by atoms with Crippen molar-refractivity contribution in [1.82, 2.24) is 9.80 Å². The number of rotatable bonds is 7. The fraction of sp³-hybridized carbons (Fsp3) is 0.923. The Kier molecular flexibility index (Phi) is 4.95. The zero-order valence-electron chi connectivity index (χ0n) is 11.6. The van der Waals surface area contributed by atoms with Crippen molar-refractivity contribution in [3.63, 3.8) is 0 Å². The van der Waals surface area contributed by atoms with Crippen LogP contribution in [0.25, 0.3) is 0 Å². The predicted molar refractivity (Wildman–Crippen MR) is 69.2 cm³/mol. The fourth-order valence-electron chi connectivity index (χ4n) is 2.74. The van der Waals surface area contributed by atoms with Crippen LogP contribution in [0.5, 0.6) is 0 Å². The standard InChI is InChI=1S/C13H26N2O2/c1-5-11(9-12(16)17)15(4)10-13(14(2)3)7-6-8-13/h11H,5-10H2,1-4H3,(H,16,17). The highest BCUT2D eigenvalue weighted by Gasteiger charge is 2.40. The van der Waals surface area contributed by atoms with Crippen molar-refractivity contribution in [3.05, 3.63) is 0 Å². The van der Waals surface area contributed by atoms with Gasteiger partial charge in [0.2, 0.25) is 0 Å². The van der Waals surface area contributed by atoms with Crippen molar-refractivity contribution >= 4 is 5.97 Å². The Hall–Kier alpha value is -0.610. The summed E-state index contributed by atoms with van der Waals surface area (Å²) in [7, 11) is 6.32. The van der Waals surface area contributed by atoms with E-state index in [2.05, 4.69) is 37.9 Å². The van der Waals surface area contributed by atoms with Crippen LogP contribution in [-0.2, 0) is 4.79 Å². The molecule has 4 nitrogen and oxygen atoms in total. The smallest absolute Gasteiger partial charge is 0.304 e. The van der Waals surface area contributed by atoms with Crippen molar-refractivity contribution in [2.75, 3.05) is 27.7 Å². The summed E-state index contributed by atoms with van der Waals surface area (Å²) in [6.07, 6.45) is 4.90. The van der Waals surface area contributed by atoms with E-state index in [4.69, 9.17) is 5.11 Å². The Morgan fingerprint density at radius 2 is 1.94 bits per heavy atom. The van der Waals surface area contributed by atoms with Gasteiger partial charge in [0.05, 0.1) is 6.42 Å². The van der Waals surface area contributed by atoms with E-state index < -0.39 is 5.97 Å². The van der Waals surface area contributed by atoms with Crippen LogP contribution in [0.15, 0.2) is 0 Å². The van der Waals surface area contributed by atoms with Crippen LogP contribution in [0.2, 0.25) is 0 Å². The van der Waals surface area contributed by atoms with Crippen molar-refractivity contribution in [2.24, 2.45) is 0 Å². The summed E-state index contributed by atoms with van der Waals surface area (Å²) in [6.45, 7) is 3.04. The average molecular weight is 242 g/mol. The number of hydrogen-bond acceptors (Lipinski definition) is 3. The third kappa shape index (κ3) is 3.42. The maximum absolute atomic E-state index is 10.8. The topological polar surface area (TPSA) is 43.8 Å². The lowest BCUT2D eigenvalue weighted by molar-refractivity contribution is -0.138. The molecule has 1 aliphatic rings. The molecular formula is C13H26N2O2. The first kappa shape index (κ1) is 14.5. The summed E-state index contributed by atoms with van der Waals surface area (Å²) in [6, 6.07) is 0.157. The summed E-state index contributed by atoms with van der Waals surface area (Å²) < 4.78 is 0. The van der Waals surface area contributed by atoms with Gasteiger partial charge in [-0.05, 0) is 46.8 Å². The molecule has 0 amide bonds. The van der Waals surface area contributed by atoms with Gasteiger partial charge in [0.1, 0.15) is 0 Å². The van der Waals surface area contributed by atoms with Crippen molar-refractivity contribution in [2.45, 2.75) is 50.6 Å². The Bertz CT molecular complexity index is 262. The van der Waals surface area contributed by atoms with Gasteiger partial charge in [-0.15, -0.1) is 0 Å². The lowest BCUT2D eigenvalue weighted by Crippen LogP contribution is -2.58. The van der Waals surface area contributed by atoms with E-state index in [9.17, 15) is 4.79 Å². The largest absolute Gasteiger partial charge is 0.481 e. The summed E-state index contributed by atoms with van der Waals surface area (Å²) in [4.78, 5) is 15.4. The van der Waals surface area contributed by atoms with Crippen LogP contribution >= 0.6 is 0 Å². The van der Waals surface area contributed by atoms with Crippen LogP contribution in [0.1, 0.15) is 39.0 Å². The van der Waals surface area contributed by atoms with E-state index in [1.54, 1.807) is 0 Å². The Balaban J connectivity index is 2.56. The first-order chi connectivity index (χ1) is 7.91. The quantitative estimate of drug-likeness (QED) is 0.737. The molecule has 1 unspecified atom stereocenters. The van der Waals surface area contributed by atoms with Crippen molar-refractivity contribution < 1.29 is 9.90 Å². The molecule has 0 aromatic carbocycles. The van der Waals surface area contributed by atoms with Gasteiger partial charge in [0.25, 0.3) is 0 Å². The van der Waals surface area contributed by atoms with Crippen LogP contribution in [0.3, 0.4) is 0 Å². The molecule has 1 N–H and O–H groups in total. The molecule has 0 bridgehead atoms. The number of likely N-dealkylation sites (N-methyl/N-ethyl adjacent to an activating group) is 2. The lowest BCUT2D eigenvalue weighted by Gasteiger charge is -2.50. The zero-order chi connectivity index (χ0) is 13.1. The summed E-state index contributed by atoms with van der Waals surface area (Å²) >= 11 is 0. The van der Waals surface area contributed by atoms with Gasteiger partial charge >= 0.3 is 5.97 Å². The van der Waals surface area contributed by atoms with Gasteiger partial charge in [0, 0.05) is 18.1 Å². The minimum Gasteiger partial charge on any atom is -0.481 e. The number of carboxylic acids is 1. The average Bonchev–Trinajstić information content (AvgIpc) is 2.18. The molecule has 0 spiro atoms. The monoisotopic (exact) mass is 242 g/mol. The van der Waals surface area contributed by atoms with Crippen LogP contribution < -0.4 is 0 Å². The molecule has 1 rings (SSSR count). The minimum absolute atomic E-state index is 0.157. The van der Waals surface area contributed by atoms with E-state index in [0.29, 0.717) is 0 Å². The molecule has 1 aliphatic carbocycles. The molecule has 1 saturated carbocycles. The lowest BCUT2D eigenvalue weighted by atomic mass is 9.75. The summed E-state index contributed by atoms with van der Waals surface area (Å²) in [5.74, 6) is -0.698. The molecular weight excluding hydrogens is 216 g/mol. The number of hydrogen-bond donors (Lipinski definition) is 1. The van der Waals surface area contributed by atoms with Crippen molar-refractivity contribution in [3.8, 4) is 0 Å². The van der Waals surface area contributed by atoms with E-state index in [1.165, 1.54) is 19.3 Å². The number of aliphatic carboxylic acids is 1. The molecule has 0 aromatic heterocycles. The van der Waals surface area contributed by atoms with Gasteiger partial charge in [-0.1, -0.05) is 6.92 Å². The molecule has 100 valence electrons. The molecule has 0 heterocycles. The predicted octanol–water partition coefficient (Wildman–Crippen LogP) is 1.66. The molecule has 0 aliphatic heterocycles. The molecule has 0 radical (unpaired) electrons. The van der Waals surface area contributed by atoms with E-state index in [0.717, 1.165) is 13.0 Å².